The van der Waals surface area contributed by atoms with E-state index in [0.717, 1.165) is 0 Å². The van der Waals surface area contributed by atoms with Crippen molar-refractivity contribution >= 4 is 32.1 Å². The van der Waals surface area contributed by atoms with Crippen LogP contribution in [0.4, 0.5) is 0 Å². The van der Waals surface area contributed by atoms with E-state index >= 15 is 0 Å². The molecule has 0 saturated carbocycles. The van der Waals surface area contributed by atoms with Crippen LogP contribution < -0.4 is 114 Å². The van der Waals surface area contributed by atoms with Crippen molar-refractivity contribution < 1.29 is 138 Å². The molecule has 18 heavy (non-hydrogen) atoms. The summed E-state index contributed by atoms with van der Waals surface area (Å²) in [5.41, 5.74) is 8.72. The van der Waals surface area contributed by atoms with Gasteiger partial charge < -0.3 is 20.6 Å². The van der Waals surface area contributed by atoms with Gasteiger partial charge in [-0.3, -0.25) is 9.59 Å². The summed E-state index contributed by atoms with van der Waals surface area (Å²) in [6, 6.07) is 0. The second-order valence-corrected chi connectivity index (χ2v) is 5.14. The van der Waals surface area contributed by atoms with Gasteiger partial charge in [0, 0.05) is 0 Å². The number of rotatable bonds is 4. The van der Waals surface area contributed by atoms with Crippen LogP contribution in [0.1, 0.15) is 0 Å². The van der Waals surface area contributed by atoms with Crippen LogP contribution in [0.3, 0.4) is 0 Å². The molecule has 0 aromatic heterocycles. The minimum Gasteiger partial charge on any atom is -0.748 e. The fourth-order valence-corrected chi connectivity index (χ4v) is 1.05. The summed E-state index contributed by atoms with van der Waals surface area (Å²) in [6.45, 7) is 0. The molecule has 0 heterocycles. The van der Waals surface area contributed by atoms with Crippen molar-refractivity contribution in [3.63, 3.8) is 0 Å². The summed E-state index contributed by atoms with van der Waals surface area (Å²) in [6.07, 6.45) is 0. The quantitative estimate of drug-likeness (QED) is 0.365. The number of carbonyl (C=O) groups excluding carboxylic acids is 2. The molecule has 0 radical (unpaired) electrons. The van der Waals surface area contributed by atoms with Gasteiger partial charge in [-0.15, -0.1) is 0 Å². The van der Waals surface area contributed by atoms with Crippen molar-refractivity contribution in [2.75, 3.05) is 11.5 Å². The minimum atomic E-state index is -4.45. The number of primary amides is 2. The first kappa shape index (κ1) is 28.2. The molecule has 2 amide bonds. The normalized spacial score (nSPS) is 9.89. The van der Waals surface area contributed by atoms with Gasteiger partial charge in [0.2, 0.25) is 11.8 Å². The zero-order chi connectivity index (χ0) is 13.6. The average molecular weight is 354 g/mol. The van der Waals surface area contributed by atoms with Gasteiger partial charge in [0.1, 0.15) is 31.7 Å². The van der Waals surface area contributed by atoms with E-state index in [0.29, 0.717) is 0 Å². The zero-order valence-corrected chi connectivity index (χ0v) is 17.5. The third kappa shape index (κ3) is 36.1. The Hall–Kier alpha value is 2.03. The smallest absolute Gasteiger partial charge is 0.748 e. The number of hydrogen-bond donors (Lipinski definition) is 2. The molecular weight excluding hydrogens is 346 g/mol. The molecule has 0 fully saturated rings. The van der Waals surface area contributed by atoms with Gasteiger partial charge in [0.05, 0.1) is 0 Å². The van der Waals surface area contributed by atoms with Gasteiger partial charge in [0.25, 0.3) is 0 Å². The van der Waals surface area contributed by atoms with E-state index in [2.05, 4.69) is 11.5 Å². The van der Waals surface area contributed by atoms with Crippen LogP contribution in [0.2, 0.25) is 0 Å². The molecule has 4 N–H and O–H groups in total. The maximum Gasteiger partial charge on any atom is 1.00 e. The SMILES string of the molecule is NC(=O)CS(=O)(=O)[O-].NC(=O)CS(=O)(=O)[O-].[K+].[K+]. The molecule has 96 valence electrons. The fourth-order valence-electron chi connectivity index (χ4n) is 0.348. The van der Waals surface area contributed by atoms with E-state index in [-0.39, 0.29) is 103 Å². The number of amides is 2. The first-order chi connectivity index (χ1) is 6.83. The summed E-state index contributed by atoms with van der Waals surface area (Å²) in [5.74, 6) is -4.49. The second kappa shape index (κ2) is 12.7. The Morgan fingerprint density at radius 1 is 0.778 bits per heavy atom. The average Bonchev–Trinajstić information content (AvgIpc) is 1.72. The molecule has 0 aliphatic carbocycles. The Balaban J connectivity index is -0.0000000980. The second-order valence-electron chi connectivity index (χ2n) is 2.34. The van der Waals surface area contributed by atoms with Gasteiger partial charge in [-0.1, -0.05) is 0 Å². The first-order valence-corrected chi connectivity index (χ1v) is 6.42. The third-order valence-electron chi connectivity index (χ3n) is 0.638. The van der Waals surface area contributed by atoms with Crippen LogP contribution in [-0.4, -0.2) is 49.3 Å². The summed E-state index contributed by atoms with van der Waals surface area (Å²) in [7, 11) is -8.90. The Labute approximate surface area is 189 Å². The molecule has 0 saturated heterocycles. The summed E-state index contributed by atoms with van der Waals surface area (Å²) in [4.78, 5) is 19.3. The predicted octanol–water partition coefficient (Wildman–Crippen LogP) is -9.96. The van der Waals surface area contributed by atoms with Crippen LogP contribution >= 0.6 is 0 Å². The maximum atomic E-state index is 9.66. The van der Waals surface area contributed by atoms with Crippen molar-refractivity contribution in [2.45, 2.75) is 0 Å². The predicted molar refractivity (Wildman–Crippen MR) is 47.5 cm³/mol. The third-order valence-corrected chi connectivity index (χ3v) is 1.91. The van der Waals surface area contributed by atoms with Gasteiger partial charge in [-0.05, 0) is 0 Å². The topological polar surface area (TPSA) is 201 Å². The largest absolute Gasteiger partial charge is 1.00 e. The summed E-state index contributed by atoms with van der Waals surface area (Å²) < 4.78 is 57.5. The first-order valence-electron chi connectivity index (χ1n) is 3.27. The van der Waals surface area contributed by atoms with Gasteiger partial charge in [-0.2, -0.15) is 0 Å². The summed E-state index contributed by atoms with van der Waals surface area (Å²) in [5, 5.41) is 0. The van der Waals surface area contributed by atoms with Crippen molar-refractivity contribution in [2.24, 2.45) is 11.5 Å². The van der Waals surface area contributed by atoms with E-state index in [1.54, 1.807) is 0 Å². The monoisotopic (exact) mass is 354 g/mol. The van der Waals surface area contributed by atoms with Crippen LogP contribution in [0.25, 0.3) is 0 Å². The molecule has 0 aliphatic rings. The number of hydrogen-bond acceptors (Lipinski definition) is 8. The molecule has 0 aromatic carbocycles. The maximum absolute atomic E-state index is 9.66. The van der Waals surface area contributed by atoms with Crippen LogP contribution in [-0.2, 0) is 29.8 Å². The van der Waals surface area contributed by atoms with Crippen molar-refractivity contribution in [1.82, 2.24) is 0 Å². The molecule has 0 unspecified atom stereocenters. The van der Waals surface area contributed by atoms with Gasteiger partial charge >= 0.3 is 103 Å². The van der Waals surface area contributed by atoms with E-state index < -0.39 is 43.6 Å². The number of nitrogens with two attached hydrogens (primary N) is 2. The van der Waals surface area contributed by atoms with Crippen molar-refractivity contribution in [1.29, 1.82) is 0 Å². The van der Waals surface area contributed by atoms with Crippen molar-refractivity contribution in [3.05, 3.63) is 0 Å². The Morgan fingerprint density at radius 2 is 0.944 bits per heavy atom. The molecule has 0 aromatic rings. The Kier molecular flexibility index (Phi) is 20.0. The molecule has 0 spiro atoms. The number of carbonyl (C=O) groups is 2. The van der Waals surface area contributed by atoms with Crippen LogP contribution in [0.15, 0.2) is 0 Å². The molecular formula is C4H8K2N2O8S2. The standard InChI is InChI=1S/2C2H5NO4S.2K/c2*3-2(4)1-8(5,6)7;;/h2*1H2,(H2,3,4)(H,5,6,7);;/q;;2*+1/p-2. The Morgan fingerprint density at radius 3 is 0.944 bits per heavy atom. The molecule has 10 nitrogen and oxygen atoms in total. The summed E-state index contributed by atoms with van der Waals surface area (Å²) >= 11 is 0. The van der Waals surface area contributed by atoms with E-state index in [1.165, 1.54) is 0 Å². The molecule has 0 bridgehead atoms. The Bertz CT molecular complexity index is 413. The minimum absolute atomic E-state index is 0. The molecule has 0 rings (SSSR count). The van der Waals surface area contributed by atoms with Crippen LogP contribution in [0.5, 0.6) is 0 Å². The van der Waals surface area contributed by atoms with Crippen LogP contribution in [0, 0.1) is 0 Å². The molecule has 0 atom stereocenters. The van der Waals surface area contributed by atoms with Gasteiger partial charge in [0.15, 0.2) is 0 Å². The van der Waals surface area contributed by atoms with Gasteiger partial charge in [-0.25, -0.2) is 16.8 Å². The zero-order valence-electron chi connectivity index (χ0n) is 9.65. The molecule has 14 heteroatoms. The van der Waals surface area contributed by atoms with Crippen molar-refractivity contribution in [3.8, 4) is 0 Å². The van der Waals surface area contributed by atoms with E-state index in [1.807, 2.05) is 0 Å². The van der Waals surface area contributed by atoms with E-state index in [9.17, 15) is 35.5 Å². The van der Waals surface area contributed by atoms with E-state index in [4.69, 9.17) is 0 Å². The fraction of sp³-hybridized carbons (Fsp3) is 0.500. The molecule has 0 aliphatic heterocycles.